The molecule has 0 aliphatic heterocycles. The van der Waals surface area contributed by atoms with Gasteiger partial charge in [0.25, 0.3) is 0 Å². The zero-order valence-electron chi connectivity index (χ0n) is 31.9. The van der Waals surface area contributed by atoms with Crippen LogP contribution in [0.25, 0.3) is 109 Å². The second-order valence-electron chi connectivity index (χ2n) is 15.8. The van der Waals surface area contributed by atoms with Crippen LogP contribution in [0.1, 0.15) is 22.5 Å². The predicted molar refractivity (Wildman–Crippen MR) is 242 cm³/mol. The smallest absolute Gasteiger partial charge is 0.0619 e. The molecule has 12 aromatic rings. The van der Waals surface area contributed by atoms with E-state index >= 15 is 0 Å². The molecule has 0 bridgehead atoms. The van der Waals surface area contributed by atoms with Crippen LogP contribution in [-0.4, -0.2) is 9.13 Å². The quantitative estimate of drug-likeness (QED) is 0.125. The summed E-state index contributed by atoms with van der Waals surface area (Å²) < 4.78 is 5.06. The Morgan fingerprint density at radius 2 is 0.607 bits per heavy atom. The molecule has 0 saturated carbocycles. The van der Waals surface area contributed by atoms with Crippen molar-refractivity contribution in [3.05, 3.63) is 180 Å². The summed E-state index contributed by atoms with van der Waals surface area (Å²) in [5.74, 6) is 0. The lowest BCUT2D eigenvalue weighted by molar-refractivity contribution is 1.05. The van der Waals surface area contributed by atoms with Crippen LogP contribution in [0.3, 0.4) is 0 Å². The van der Waals surface area contributed by atoms with Gasteiger partial charge in [0.2, 0.25) is 0 Å². The molecule has 0 unspecified atom stereocenters. The Bertz CT molecular complexity index is 3440. The van der Waals surface area contributed by atoms with Gasteiger partial charge in [-0.2, -0.15) is 0 Å². The highest BCUT2D eigenvalue weighted by Crippen LogP contribution is 2.49. The van der Waals surface area contributed by atoms with Crippen LogP contribution in [0.15, 0.2) is 158 Å². The fourth-order valence-corrected chi connectivity index (χ4v) is 10.1. The molecule has 12 rings (SSSR count). The number of benzene rings is 10. The zero-order valence-corrected chi connectivity index (χ0v) is 31.9. The average molecular weight is 715 g/mol. The molecule has 0 atom stereocenters. The summed E-state index contributed by atoms with van der Waals surface area (Å²) in [5.41, 5.74) is 10.2. The monoisotopic (exact) mass is 714 g/mol. The maximum absolute atomic E-state index is 2.53. The molecule has 56 heavy (non-hydrogen) atoms. The largest absolute Gasteiger partial charge is 0.313 e. The first-order chi connectivity index (χ1) is 27.4. The highest BCUT2D eigenvalue weighted by Gasteiger charge is 2.26. The van der Waals surface area contributed by atoms with E-state index < -0.39 is 0 Å². The molecule has 0 saturated heterocycles. The van der Waals surface area contributed by atoms with E-state index in [0.717, 1.165) is 0 Å². The predicted octanol–water partition coefficient (Wildman–Crippen LogP) is 14.9. The van der Waals surface area contributed by atoms with Gasteiger partial charge in [-0.05, 0) is 141 Å². The second kappa shape index (κ2) is 11.3. The van der Waals surface area contributed by atoms with Crippen LogP contribution >= 0.6 is 0 Å². The summed E-state index contributed by atoms with van der Waals surface area (Å²) >= 11 is 0. The van der Waals surface area contributed by atoms with Crippen molar-refractivity contribution in [1.29, 1.82) is 0 Å². The van der Waals surface area contributed by atoms with E-state index in [1.165, 1.54) is 131 Å². The molecule has 10 aromatic carbocycles. The molecule has 0 spiro atoms. The van der Waals surface area contributed by atoms with Gasteiger partial charge >= 0.3 is 0 Å². The Morgan fingerprint density at radius 3 is 1.00 bits per heavy atom. The van der Waals surface area contributed by atoms with E-state index in [4.69, 9.17) is 0 Å². The molecule has 2 heterocycles. The molecule has 2 aromatic heterocycles. The Kier molecular flexibility index (Phi) is 6.36. The number of aryl methyl sites for hydroxylation is 2. The minimum atomic E-state index is 1.19. The summed E-state index contributed by atoms with van der Waals surface area (Å²) in [6, 6.07) is 58.9. The van der Waals surface area contributed by atoms with Crippen LogP contribution in [0.4, 0.5) is 0 Å². The Balaban J connectivity index is 1.22. The van der Waals surface area contributed by atoms with Gasteiger partial charge in [0.15, 0.2) is 0 Å². The van der Waals surface area contributed by atoms with Crippen molar-refractivity contribution in [2.75, 3.05) is 0 Å². The molecular weight excluding hydrogens is 677 g/mol. The Morgan fingerprint density at radius 1 is 0.286 bits per heavy atom. The third-order valence-corrected chi connectivity index (χ3v) is 13.0. The number of hydrogen-bond donors (Lipinski definition) is 0. The minimum Gasteiger partial charge on any atom is -0.313 e. The lowest BCUT2D eigenvalue weighted by atomic mass is 9.89. The maximum Gasteiger partial charge on any atom is 0.0619 e. The van der Waals surface area contributed by atoms with Crippen molar-refractivity contribution in [1.82, 2.24) is 9.13 Å². The second-order valence-corrected chi connectivity index (χ2v) is 15.8. The van der Waals surface area contributed by atoms with Gasteiger partial charge in [0.1, 0.15) is 0 Å². The molecule has 264 valence electrons. The number of rotatable bonds is 2. The van der Waals surface area contributed by atoms with E-state index in [-0.39, 0.29) is 0 Å². The fourth-order valence-electron chi connectivity index (χ4n) is 10.1. The van der Waals surface area contributed by atoms with Crippen molar-refractivity contribution >= 4 is 97.2 Å². The molecule has 0 radical (unpaired) electrons. The molecule has 0 aliphatic carbocycles. The molecule has 0 fully saturated rings. The van der Waals surface area contributed by atoms with Crippen LogP contribution in [0, 0.1) is 27.7 Å². The van der Waals surface area contributed by atoms with Crippen molar-refractivity contribution < 1.29 is 0 Å². The van der Waals surface area contributed by atoms with Gasteiger partial charge in [0.05, 0.1) is 11.0 Å². The number of nitrogens with zero attached hydrogens (tertiary/aromatic N) is 2. The summed E-state index contributed by atoms with van der Waals surface area (Å²) in [5, 5.41) is 20.6. The molecule has 0 aliphatic rings. The number of hydrogen-bond acceptors (Lipinski definition) is 0. The lowest BCUT2D eigenvalue weighted by Gasteiger charge is -2.17. The zero-order chi connectivity index (χ0) is 37.4. The van der Waals surface area contributed by atoms with E-state index in [0.29, 0.717) is 0 Å². The van der Waals surface area contributed by atoms with E-state index in [1.807, 2.05) is 0 Å². The van der Waals surface area contributed by atoms with Crippen molar-refractivity contribution in [3.63, 3.8) is 0 Å². The standard InChI is InChI=1S/C54H38N2/c1-31-33(3)55(43-23-21-39-25-35-13-5-7-15-37(35)27-41(39)29-43)53-47-19-11-10-18-46(47)52-50-32(2)34(4)56(54(50)48-20-12-9-17-45(48)51(52)49(31)53)44-24-22-40-26-36-14-6-8-16-38(36)28-42(40)30-44/h5-30H,1-4H3. The van der Waals surface area contributed by atoms with E-state index in [9.17, 15) is 0 Å². The van der Waals surface area contributed by atoms with Crippen LogP contribution < -0.4 is 0 Å². The summed E-state index contributed by atoms with van der Waals surface area (Å²) in [4.78, 5) is 0. The van der Waals surface area contributed by atoms with Crippen molar-refractivity contribution in [2.45, 2.75) is 27.7 Å². The molecular formula is C54H38N2. The first-order valence-corrected chi connectivity index (χ1v) is 19.7. The van der Waals surface area contributed by atoms with Crippen LogP contribution in [-0.2, 0) is 0 Å². The van der Waals surface area contributed by atoms with Gasteiger partial charge in [-0.1, -0.05) is 109 Å². The molecule has 2 nitrogen and oxygen atoms in total. The van der Waals surface area contributed by atoms with Crippen LogP contribution in [0.5, 0.6) is 0 Å². The van der Waals surface area contributed by atoms with Gasteiger partial charge in [-0.25, -0.2) is 0 Å². The van der Waals surface area contributed by atoms with Gasteiger partial charge in [-0.15, -0.1) is 0 Å². The van der Waals surface area contributed by atoms with E-state index in [1.54, 1.807) is 0 Å². The highest BCUT2D eigenvalue weighted by molar-refractivity contribution is 6.40. The number of aromatic nitrogens is 2. The molecule has 2 heteroatoms. The third kappa shape index (κ3) is 4.16. The maximum atomic E-state index is 2.53. The summed E-state index contributed by atoms with van der Waals surface area (Å²) in [7, 11) is 0. The average Bonchev–Trinajstić information content (AvgIpc) is 3.66. The summed E-state index contributed by atoms with van der Waals surface area (Å²) in [6.45, 7) is 9.27. The SMILES string of the molecule is Cc1c(C)n(-c2ccc3cc4ccccc4cc3c2)c2c3ccccc3c3c4c(C)c(C)n(-c5ccc6cc7ccccc7cc6c5)c4c4ccccc4c3c12. The van der Waals surface area contributed by atoms with Crippen LogP contribution in [0.2, 0.25) is 0 Å². The fraction of sp³-hybridized carbons (Fsp3) is 0.0741. The van der Waals surface area contributed by atoms with Gasteiger partial charge < -0.3 is 9.13 Å². The first kappa shape index (κ1) is 31.5. The van der Waals surface area contributed by atoms with Gasteiger partial charge in [-0.3, -0.25) is 0 Å². The number of fused-ring (bicyclic) bond motifs is 15. The minimum absolute atomic E-state index is 1.19. The normalized spacial score (nSPS) is 12.3. The highest BCUT2D eigenvalue weighted by atomic mass is 15.0. The topological polar surface area (TPSA) is 9.86 Å². The van der Waals surface area contributed by atoms with E-state index in [2.05, 4.69) is 195 Å². The van der Waals surface area contributed by atoms with Crippen molar-refractivity contribution in [2.24, 2.45) is 0 Å². The Hall–Kier alpha value is -6.90. The molecule has 0 N–H and O–H groups in total. The summed E-state index contributed by atoms with van der Waals surface area (Å²) in [6.07, 6.45) is 0. The first-order valence-electron chi connectivity index (χ1n) is 19.7. The van der Waals surface area contributed by atoms with Crippen molar-refractivity contribution in [3.8, 4) is 11.4 Å². The Labute approximate surface area is 324 Å². The lowest BCUT2D eigenvalue weighted by Crippen LogP contribution is -1.98. The molecule has 0 amide bonds. The third-order valence-electron chi connectivity index (χ3n) is 13.0. The van der Waals surface area contributed by atoms with Gasteiger partial charge in [0, 0.05) is 55.1 Å².